The Kier molecular flexibility index (Phi) is 9.58. The molecule has 2 aromatic carbocycles. The maximum atomic E-state index is 10.6. The molecule has 3 nitrogen and oxygen atoms in total. The lowest BCUT2D eigenvalue weighted by molar-refractivity contribution is 0.161. The van der Waals surface area contributed by atoms with Crippen molar-refractivity contribution in [3.63, 3.8) is 0 Å². The molecule has 1 aliphatic rings. The second-order valence-corrected chi connectivity index (χ2v) is 6.52. The van der Waals surface area contributed by atoms with Gasteiger partial charge < -0.3 is 10.4 Å². The minimum absolute atomic E-state index is 0. The molecule has 2 aromatic rings. The fourth-order valence-electron chi connectivity index (χ4n) is 3.73. The van der Waals surface area contributed by atoms with Crippen LogP contribution in [0.2, 0.25) is 0 Å². The molecule has 1 heterocycles. The number of benzene rings is 2. The Hall–Kier alpha value is -1.00. The molecular weight excluding hydrogens is 355 g/mol. The summed E-state index contributed by atoms with van der Waals surface area (Å²) >= 11 is 0. The average molecular weight is 385 g/mol. The summed E-state index contributed by atoms with van der Waals surface area (Å²) in [5.74, 6) is 0.448. The molecule has 1 atom stereocenters. The molecule has 3 rings (SSSR count). The molecule has 1 saturated heterocycles. The van der Waals surface area contributed by atoms with Crippen LogP contribution in [-0.4, -0.2) is 36.2 Å². The topological polar surface area (TPSA) is 35.5 Å². The van der Waals surface area contributed by atoms with Crippen molar-refractivity contribution in [3.05, 3.63) is 42.0 Å². The van der Waals surface area contributed by atoms with Crippen LogP contribution in [0.1, 0.15) is 44.2 Å². The van der Waals surface area contributed by atoms with E-state index in [1.54, 1.807) is 0 Å². The summed E-state index contributed by atoms with van der Waals surface area (Å²) in [5, 5.41) is 16.5. The first-order chi connectivity index (χ1) is 11.3. The van der Waals surface area contributed by atoms with Crippen LogP contribution in [0.4, 0.5) is 0 Å². The number of halogens is 2. The third kappa shape index (κ3) is 5.24. The Bertz CT molecular complexity index is 645. The summed E-state index contributed by atoms with van der Waals surface area (Å²) in [6.45, 7) is 6.43. The van der Waals surface area contributed by atoms with E-state index in [4.69, 9.17) is 0 Å². The minimum atomic E-state index is 0. The van der Waals surface area contributed by atoms with Crippen LogP contribution in [-0.2, 0) is 0 Å². The summed E-state index contributed by atoms with van der Waals surface area (Å²) in [7, 11) is 0. The van der Waals surface area contributed by atoms with Gasteiger partial charge in [0, 0.05) is 37.8 Å². The highest BCUT2D eigenvalue weighted by atomic mass is 35.5. The van der Waals surface area contributed by atoms with Crippen molar-refractivity contribution in [2.45, 2.75) is 38.6 Å². The fourth-order valence-corrected chi connectivity index (χ4v) is 3.73. The zero-order valence-electron chi connectivity index (χ0n) is 14.9. The summed E-state index contributed by atoms with van der Waals surface area (Å²) in [6, 6.07) is 12.6. The van der Waals surface area contributed by atoms with E-state index in [1.807, 2.05) is 12.1 Å². The van der Waals surface area contributed by atoms with E-state index in [1.165, 1.54) is 30.0 Å². The molecule has 0 spiro atoms. The van der Waals surface area contributed by atoms with Gasteiger partial charge in [-0.15, -0.1) is 24.8 Å². The quantitative estimate of drug-likeness (QED) is 0.693. The number of unbranched alkanes of at least 4 members (excludes halogenated alkanes) is 2. The average Bonchev–Trinajstić information content (AvgIpc) is 2.60. The van der Waals surface area contributed by atoms with Crippen LogP contribution in [0.25, 0.3) is 10.8 Å². The normalized spacial score (nSPS) is 16.0. The molecule has 5 heteroatoms. The summed E-state index contributed by atoms with van der Waals surface area (Å²) in [6.07, 6.45) is 4.83. The molecule has 2 N–H and O–H groups in total. The molecule has 25 heavy (non-hydrogen) atoms. The molecule has 0 aliphatic carbocycles. The lowest BCUT2D eigenvalue weighted by Crippen LogP contribution is -2.45. The number of hydrogen-bond donors (Lipinski definition) is 2. The number of fused-ring (bicyclic) bond motifs is 1. The highest BCUT2D eigenvalue weighted by molar-refractivity contribution is 5.88. The van der Waals surface area contributed by atoms with Crippen molar-refractivity contribution in [1.82, 2.24) is 10.2 Å². The van der Waals surface area contributed by atoms with E-state index in [0.29, 0.717) is 11.8 Å². The third-order valence-corrected chi connectivity index (χ3v) is 4.95. The lowest BCUT2D eigenvalue weighted by atomic mass is 9.92. The molecule has 1 aliphatic heterocycles. The van der Waals surface area contributed by atoms with Crippen molar-refractivity contribution >= 4 is 35.6 Å². The Morgan fingerprint density at radius 2 is 1.76 bits per heavy atom. The van der Waals surface area contributed by atoms with Crippen molar-refractivity contribution in [1.29, 1.82) is 0 Å². The third-order valence-electron chi connectivity index (χ3n) is 4.95. The van der Waals surface area contributed by atoms with E-state index in [2.05, 4.69) is 41.4 Å². The monoisotopic (exact) mass is 384 g/mol. The van der Waals surface area contributed by atoms with Crippen LogP contribution in [0.15, 0.2) is 36.4 Å². The predicted octanol–water partition coefficient (Wildman–Crippen LogP) is 4.92. The summed E-state index contributed by atoms with van der Waals surface area (Å²) in [5.41, 5.74) is 1.13. The van der Waals surface area contributed by atoms with Gasteiger partial charge in [-0.2, -0.15) is 0 Å². The first kappa shape index (κ1) is 22.0. The van der Waals surface area contributed by atoms with Crippen molar-refractivity contribution in [2.24, 2.45) is 0 Å². The van der Waals surface area contributed by atoms with Crippen LogP contribution in [0.3, 0.4) is 0 Å². The zero-order chi connectivity index (χ0) is 16.1. The van der Waals surface area contributed by atoms with Crippen LogP contribution < -0.4 is 5.32 Å². The molecule has 0 unspecified atom stereocenters. The van der Waals surface area contributed by atoms with Crippen molar-refractivity contribution < 1.29 is 5.11 Å². The van der Waals surface area contributed by atoms with Gasteiger partial charge in [0.25, 0.3) is 0 Å². The van der Waals surface area contributed by atoms with Crippen LogP contribution >= 0.6 is 24.8 Å². The number of aromatic hydroxyl groups is 1. The standard InChI is InChI=1S/C20H28N2O.2ClH/c1-2-3-4-9-18(22-14-12-21-13-15-22)20-17-8-6-5-7-16(17)10-11-19(20)23;;/h5-8,10-11,18,21,23H,2-4,9,12-15H2,1H3;2*1H/t18-;;/m0../s1. The minimum Gasteiger partial charge on any atom is -0.508 e. The maximum absolute atomic E-state index is 10.6. The zero-order valence-corrected chi connectivity index (χ0v) is 16.5. The van der Waals surface area contributed by atoms with Gasteiger partial charge >= 0.3 is 0 Å². The van der Waals surface area contributed by atoms with E-state index in [9.17, 15) is 5.11 Å². The second-order valence-electron chi connectivity index (χ2n) is 6.52. The van der Waals surface area contributed by atoms with Crippen LogP contribution in [0, 0.1) is 0 Å². The largest absolute Gasteiger partial charge is 0.508 e. The lowest BCUT2D eigenvalue weighted by Gasteiger charge is -2.36. The fraction of sp³-hybridized carbons (Fsp3) is 0.500. The Morgan fingerprint density at radius 1 is 1.04 bits per heavy atom. The van der Waals surface area contributed by atoms with E-state index < -0.39 is 0 Å². The number of phenolic OH excluding ortho intramolecular Hbond substituents is 1. The molecule has 0 amide bonds. The van der Waals surface area contributed by atoms with Gasteiger partial charge in [-0.05, 0) is 23.3 Å². The number of nitrogens with one attached hydrogen (secondary N) is 1. The van der Waals surface area contributed by atoms with Gasteiger partial charge in [-0.3, -0.25) is 4.90 Å². The highest BCUT2D eigenvalue weighted by Gasteiger charge is 2.25. The molecule has 1 fully saturated rings. The molecule has 0 saturated carbocycles. The smallest absolute Gasteiger partial charge is 0.121 e. The van der Waals surface area contributed by atoms with E-state index in [-0.39, 0.29) is 24.8 Å². The number of phenols is 1. The molecule has 0 radical (unpaired) electrons. The summed E-state index contributed by atoms with van der Waals surface area (Å²) in [4.78, 5) is 2.55. The molecule has 0 bridgehead atoms. The number of piperazine rings is 1. The second kappa shape index (κ2) is 10.9. The maximum Gasteiger partial charge on any atom is 0.121 e. The highest BCUT2D eigenvalue weighted by Crippen LogP contribution is 2.38. The van der Waals surface area contributed by atoms with Gasteiger partial charge in [0.05, 0.1) is 0 Å². The Balaban J connectivity index is 0.00000156. The molecular formula is C20H30Cl2N2O. The van der Waals surface area contributed by atoms with Gasteiger partial charge in [0.15, 0.2) is 0 Å². The Labute approximate surface area is 163 Å². The Morgan fingerprint density at radius 3 is 2.48 bits per heavy atom. The van der Waals surface area contributed by atoms with Gasteiger partial charge in [-0.1, -0.05) is 56.5 Å². The first-order valence-electron chi connectivity index (χ1n) is 8.96. The van der Waals surface area contributed by atoms with Gasteiger partial charge in [-0.25, -0.2) is 0 Å². The molecule has 0 aromatic heterocycles. The SMILES string of the molecule is CCCCC[C@@H](c1c(O)ccc2ccccc12)N1CCNCC1.Cl.Cl. The van der Waals surface area contributed by atoms with Crippen LogP contribution in [0.5, 0.6) is 5.75 Å². The summed E-state index contributed by atoms with van der Waals surface area (Å²) < 4.78 is 0. The van der Waals surface area contributed by atoms with Gasteiger partial charge in [0.2, 0.25) is 0 Å². The number of rotatable bonds is 6. The van der Waals surface area contributed by atoms with E-state index >= 15 is 0 Å². The van der Waals surface area contributed by atoms with E-state index in [0.717, 1.165) is 38.2 Å². The van der Waals surface area contributed by atoms with Crippen molar-refractivity contribution in [2.75, 3.05) is 26.2 Å². The predicted molar refractivity (Wildman–Crippen MR) is 111 cm³/mol. The van der Waals surface area contributed by atoms with Crippen molar-refractivity contribution in [3.8, 4) is 5.75 Å². The molecule has 140 valence electrons. The van der Waals surface area contributed by atoms with Gasteiger partial charge in [0.1, 0.15) is 5.75 Å². The number of nitrogens with zero attached hydrogens (tertiary/aromatic N) is 1. The number of hydrogen-bond acceptors (Lipinski definition) is 3. The first-order valence-corrected chi connectivity index (χ1v) is 8.96.